The van der Waals surface area contributed by atoms with Crippen LogP contribution in [0.1, 0.15) is 34.1 Å². The zero-order valence-electron chi connectivity index (χ0n) is 16.3. The topological polar surface area (TPSA) is 72.8 Å². The zero-order chi connectivity index (χ0) is 21.3. The van der Waals surface area contributed by atoms with E-state index in [0.29, 0.717) is 5.56 Å². The average Bonchev–Trinajstić information content (AvgIpc) is 2.80. The lowest BCUT2D eigenvalue weighted by atomic mass is 10.0. The molecule has 0 fully saturated rings. The van der Waals surface area contributed by atoms with Gasteiger partial charge in [-0.15, -0.1) is 0 Å². The molecular weight excluding hydrogens is 398 g/mol. The van der Waals surface area contributed by atoms with Gasteiger partial charge in [0.05, 0.1) is 5.56 Å². The first-order chi connectivity index (χ1) is 14.6. The normalized spacial score (nSPS) is 11.0. The highest BCUT2D eigenvalue weighted by Crippen LogP contribution is 2.27. The molecule has 0 spiro atoms. The Balaban J connectivity index is 1.67. The van der Waals surface area contributed by atoms with Crippen molar-refractivity contribution in [1.29, 1.82) is 0 Å². The van der Waals surface area contributed by atoms with Crippen molar-refractivity contribution >= 4 is 35.0 Å². The number of rotatable bonds is 8. The Morgan fingerprint density at radius 1 is 0.767 bits per heavy atom. The van der Waals surface area contributed by atoms with Gasteiger partial charge in [0, 0.05) is 15.4 Å². The number of hydrogen-bond acceptors (Lipinski definition) is 6. The van der Waals surface area contributed by atoms with Crippen molar-refractivity contribution in [2.24, 2.45) is 5.16 Å². The number of nitrogens with zero attached hydrogens (tertiary/aromatic N) is 1. The molecule has 0 radical (unpaired) electrons. The minimum atomic E-state index is -0.790. The average molecular weight is 417 g/mol. The molecule has 5 nitrogen and oxygen atoms in total. The molecule has 0 aliphatic carbocycles. The predicted molar refractivity (Wildman–Crippen MR) is 116 cm³/mol. The van der Waals surface area contributed by atoms with E-state index in [0.717, 1.165) is 9.79 Å². The number of carbonyl (C=O) groups is 3. The fourth-order valence-electron chi connectivity index (χ4n) is 2.55. The summed E-state index contributed by atoms with van der Waals surface area (Å²) in [7, 11) is 0. The lowest BCUT2D eigenvalue weighted by molar-refractivity contribution is -0.109. The van der Waals surface area contributed by atoms with E-state index >= 15 is 0 Å². The lowest BCUT2D eigenvalue weighted by Crippen LogP contribution is -2.24. The number of Topliss-reactive ketones (excluding diaryl/α,β-unsaturated/α-hetero) is 2. The summed E-state index contributed by atoms with van der Waals surface area (Å²) in [5.74, 6) is -2.17. The van der Waals surface area contributed by atoms with E-state index in [-0.39, 0.29) is 17.7 Å². The second-order valence-corrected chi connectivity index (χ2v) is 7.38. The van der Waals surface area contributed by atoms with Crippen molar-refractivity contribution in [1.82, 2.24) is 0 Å². The molecule has 0 N–H and O–H groups in total. The molecule has 0 saturated heterocycles. The predicted octanol–water partition coefficient (Wildman–Crippen LogP) is 5.21. The van der Waals surface area contributed by atoms with Crippen molar-refractivity contribution in [2.75, 3.05) is 0 Å². The van der Waals surface area contributed by atoms with E-state index in [4.69, 9.17) is 4.84 Å². The smallest absolute Gasteiger partial charge is 0.312 e. The quantitative estimate of drug-likeness (QED) is 0.165. The maximum atomic E-state index is 12.6. The van der Waals surface area contributed by atoms with Crippen LogP contribution in [0.4, 0.5) is 0 Å². The number of ketones is 2. The molecule has 3 aromatic carbocycles. The molecule has 0 saturated carbocycles. The SMILES string of the molecule is CCC(=NOC(=O)c1ccccc1)C(=O)C(=O)c1ccc(Sc2ccccc2)cc1. The van der Waals surface area contributed by atoms with Gasteiger partial charge in [-0.25, -0.2) is 4.79 Å². The molecular formula is C24H19NO4S. The highest BCUT2D eigenvalue weighted by molar-refractivity contribution is 7.99. The van der Waals surface area contributed by atoms with Gasteiger partial charge in [-0.3, -0.25) is 9.59 Å². The van der Waals surface area contributed by atoms with E-state index in [1.165, 1.54) is 0 Å². The second kappa shape index (κ2) is 10.3. The van der Waals surface area contributed by atoms with Crippen LogP contribution in [0.5, 0.6) is 0 Å². The molecule has 150 valence electrons. The molecule has 30 heavy (non-hydrogen) atoms. The number of hydrogen-bond donors (Lipinski definition) is 0. The number of oxime groups is 1. The van der Waals surface area contributed by atoms with Crippen LogP contribution >= 0.6 is 11.8 Å². The van der Waals surface area contributed by atoms with Crippen LogP contribution in [0.15, 0.2) is 99.9 Å². The summed E-state index contributed by atoms with van der Waals surface area (Å²) in [5.41, 5.74) is 0.460. The maximum Gasteiger partial charge on any atom is 0.365 e. The largest absolute Gasteiger partial charge is 0.365 e. The Morgan fingerprint density at radius 2 is 1.33 bits per heavy atom. The first-order valence-corrected chi connectivity index (χ1v) is 10.2. The van der Waals surface area contributed by atoms with Gasteiger partial charge in [-0.05, 0) is 55.0 Å². The van der Waals surface area contributed by atoms with Crippen LogP contribution in [-0.4, -0.2) is 23.2 Å². The van der Waals surface area contributed by atoms with Gasteiger partial charge in [0.2, 0.25) is 5.78 Å². The Morgan fingerprint density at radius 3 is 1.93 bits per heavy atom. The first-order valence-electron chi connectivity index (χ1n) is 9.33. The van der Waals surface area contributed by atoms with Gasteiger partial charge in [-0.1, -0.05) is 60.2 Å². The van der Waals surface area contributed by atoms with Gasteiger partial charge in [0.15, 0.2) is 0 Å². The maximum absolute atomic E-state index is 12.6. The third-order valence-electron chi connectivity index (χ3n) is 4.15. The molecule has 3 rings (SSSR count). The van der Waals surface area contributed by atoms with Crippen LogP contribution in [0.2, 0.25) is 0 Å². The van der Waals surface area contributed by atoms with Crippen LogP contribution in [0.3, 0.4) is 0 Å². The van der Waals surface area contributed by atoms with Crippen molar-refractivity contribution in [3.05, 3.63) is 96.1 Å². The summed E-state index contributed by atoms with van der Waals surface area (Å²) in [4.78, 5) is 43.9. The second-order valence-electron chi connectivity index (χ2n) is 6.23. The molecule has 0 atom stereocenters. The molecule has 0 bridgehead atoms. The molecule has 0 aromatic heterocycles. The van der Waals surface area contributed by atoms with Gasteiger partial charge >= 0.3 is 5.97 Å². The third-order valence-corrected chi connectivity index (χ3v) is 5.16. The van der Waals surface area contributed by atoms with Gasteiger partial charge < -0.3 is 4.84 Å². The summed E-state index contributed by atoms with van der Waals surface area (Å²) in [6.07, 6.45) is 0.161. The molecule has 6 heteroatoms. The van der Waals surface area contributed by atoms with Crippen LogP contribution < -0.4 is 0 Å². The van der Waals surface area contributed by atoms with E-state index < -0.39 is 17.5 Å². The Hall–Kier alpha value is -3.51. The summed E-state index contributed by atoms with van der Waals surface area (Å²) >= 11 is 1.56. The van der Waals surface area contributed by atoms with Crippen LogP contribution in [-0.2, 0) is 9.63 Å². The van der Waals surface area contributed by atoms with Crippen molar-refractivity contribution in [2.45, 2.75) is 23.1 Å². The molecule has 0 aliphatic heterocycles. The standard InChI is InChI=1S/C24H19NO4S/c1-2-21(25-29-24(28)18-9-5-3-6-10-18)23(27)22(26)17-13-15-20(16-14-17)30-19-11-7-4-8-12-19/h3-16H,2H2,1H3. The van der Waals surface area contributed by atoms with Crippen molar-refractivity contribution < 1.29 is 19.2 Å². The Bertz CT molecular complexity index is 1060. The molecule has 0 unspecified atom stereocenters. The van der Waals surface area contributed by atoms with E-state index in [9.17, 15) is 14.4 Å². The fraction of sp³-hybridized carbons (Fsp3) is 0.0833. The Kier molecular flexibility index (Phi) is 7.29. The number of benzene rings is 3. The van der Waals surface area contributed by atoms with E-state index in [1.54, 1.807) is 73.3 Å². The molecule has 3 aromatic rings. The number of carbonyl (C=O) groups excluding carboxylic acids is 3. The van der Waals surface area contributed by atoms with E-state index in [2.05, 4.69) is 5.16 Å². The van der Waals surface area contributed by atoms with Crippen LogP contribution in [0.25, 0.3) is 0 Å². The van der Waals surface area contributed by atoms with Gasteiger partial charge in [0.1, 0.15) is 5.71 Å². The lowest BCUT2D eigenvalue weighted by Gasteiger charge is -2.05. The molecule has 0 aliphatic rings. The molecule has 0 heterocycles. The summed E-state index contributed by atoms with van der Waals surface area (Å²) in [6, 6.07) is 24.9. The van der Waals surface area contributed by atoms with Gasteiger partial charge in [0.25, 0.3) is 5.78 Å². The summed E-state index contributed by atoms with van der Waals surface area (Å²) < 4.78 is 0. The molecule has 0 amide bonds. The summed E-state index contributed by atoms with van der Waals surface area (Å²) in [6.45, 7) is 1.67. The zero-order valence-corrected chi connectivity index (χ0v) is 17.1. The highest BCUT2D eigenvalue weighted by atomic mass is 32.2. The van der Waals surface area contributed by atoms with Crippen molar-refractivity contribution in [3.63, 3.8) is 0 Å². The van der Waals surface area contributed by atoms with E-state index in [1.807, 2.05) is 30.3 Å². The van der Waals surface area contributed by atoms with Crippen molar-refractivity contribution in [3.8, 4) is 0 Å². The minimum Gasteiger partial charge on any atom is -0.312 e. The summed E-state index contributed by atoms with van der Waals surface area (Å²) in [5, 5.41) is 3.63. The van der Waals surface area contributed by atoms with Gasteiger partial charge in [-0.2, -0.15) is 0 Å². The first kappa shape index (κ1) is 21.2. The highest BCUT2D eigenvalue weighted by Gasteiger charge is 2.22. The monoisotopic (exact) mass is 417 g/mol. The third kappa shape index (κ3) is 5.52. The fourth-order valence-corrected chi connectivity index (χ4v) is 3.39. The van der Waals surface area contributed by atoms with Crippen LogP contribution in [0, 0.1) is 0 Å². The minimum absolute atomic E-state index is 0.105. The Labute approximate surface area is 178 Å².